The topological polar surface area (TPSA) is 92.8 Å². The van der Waals surface area contributed by atoms with E-state index in [1.807, 2.05) is 4.90 Å². The normalized spacial score (nSPS) is 14.3. The maximum absolute atomic E-state index is 12.7. The lowest BCUT2D eigenvalue weighted by atomic mass is 10.1. The highest BCUT2D eigenvalue weighted by molar-refractivity contribution is 7.92. The maximum atomic E-state index is 12.7. The van der Waals surface area contributed by atoms with Crippen molar-refractivity contribution < 1.29 is 22.7 Å². The summed E-state index contributed by atoms with van der Waals surface area (Å²) in [6, 6.07) is 10.6. The number of anilines is 1. The number of nitrogens with one attached hydrogen (secondary N) is 1. The number of ether oxygens (including phenoxy) is 1. The standard InChI is InChI=1S/C21H24N2O5S/c1-15-6-11-18(14-19(15)21(25)28-2)29(26,27)22-17-9-7-16(8-10-17)20(24)23-12-4-3-5-13-23/h6-11,14,22H,3-5,12-13H2,1-2H3. The first-order chi connectivity index (χ1) is 13.8. The fourth-order valence-corrected chi connectivity index (χ4v) is 4.36. The van der Waals surface area contributed by atoms with Crippen LogP contribution in [0.25, 0.3) is 0 Å². The van der Waals surface area contributed by atoms with Crippen molar-refractivity contribution in [2.24, 2.45) is 0 Å². The lowest BCUT2D eigenvalue weighted by molar-refractivity contribution is 0.0599. The summed E-state index contributed by atoms with van der Waals surface area (Å²) < 4.78 is 32.6. The van der Waals surface area contributed by atoms with Gasteiger partial charge in [0.25, 0.3) is 15.9 Å². The van der Waals surface area contributed by atoms with E-state index in [2.05, 4.69) is 4.72 Å². The summed E-state index contributed by atoms with van der Waals surface area (Å²) in [4.78, 5) is 26.1. The molecule has 1 aliphatic heterocycles. The van der Waals surface area contributed by atoms with Crippen LogP contribution in [-0.4, -0.2) is 45.4 Å². The average molecular weight is 416 g/mol. The van der Waals surface area contributed by atoms with Gasteiger partial charge in [0.15, 0.2) is 0 Å². The van der Waals surface area contributed by atoms with Crippen LogP contribution in [0.5, 0.6) is 0 Å². The maximum Gasteiger partial charge on any atom is 0.338 e. The second-order valence-electron chi connectivity index (χ2n) is 7.00. The van der Waals surface area contributed by atoms with Gasteiger partial charge in [-0.25, -0.2) is 13.2 Å². The number of benzene rings is 2. The molecule has 1 saturated heterocycles. The summed E-state index contributed by atoms with van der Waals surface area (Å²) in [5.74, 6) is -0.638. The number of hydrogen-bond acceptors (Lipinski definition) is 5. The van der Waals surface area contributed by atoms with Crippen LogP contribution in [0.15, 0.2) is 47.4 Å². The molecule has 0 radical (unpaired) electrons. The summed E-state index contributed by atoms with van der Waals surface area (Å²) in [5, 5.41) is 0. The first kappa shape index (κ1) is 20.9. The molecule has 0 bridgehead atoms. The highest BCUT2D eigenvalue weighted by Crippen LogP contribution is 2.21. The fourth-order valence-electron chi connectivity index (χ4n) is 3.27. The van der Waals surface area contributed by atoms with Gasteiger partial charge in [-0.15, -0.1) is 0 Å². The quantitative estimate of drug-likeness (QED) is 0.756. The molecule has 154 valence electrons. The van der Waals surface area contributed by atoms with Crippen molar-refractivity contribution in [3.8, 4) is 0 Å². The number of methoxy groups -OCH3 is 1. The SMILES string of the molecule is COC(=O)c1cc(S(=O)(=O)Nc2ccc(C(=O)N3CCCCC3)cc2)ccc1C. The Hall–Kier alpha value is -2.87. The number of likely N-dealkylation sites (tertiary alicyclic amines) is 1. The molecule has 3 rings (SSSR count). The predicted molar refractivity (Wildman–Crippen MR) is 110 cm³/mol. The smallest absolute Gasteiger partial charge is 0.338 e. The third kappa shape index (κ3) is 4.76. The van der Waals surface area contributed by atoms with E-state index in [4.69, 9.17) is 4.74 Å². The Kier molecular flexibility index (Phi) is 6.22. The number of piperidine rings is 1. The largest absolute Gasteiger partial charge is 0.465 e. The number of carbonyl (C=O) groups excluding carboxylic acids is 2. The van der Waals surface area contributed by atoms with Gasteiger partial charge in [0.1, 0.15) is 0 Å². The van der Waals surface area contributed by atoms with Gasteiger partial charge in [-0.05, 0) is 68.1 Å². The molecule has 0 saturated carbocycles. The zero-order valence-electron chi connectivity index (χ0n) is 16.5. The third-order valence-corrected chi connectivity index (χ3v) is 6.33. The minimum atomic E-state index is -3.90. The molecule has 8 heteroatoms. The number of rotatable bonds is 5. The summed E-state index contributed by atoms with van der Waals surface area (Å²) in [6.07, 6.45) is 3.16. The Morgan fingerprint density at radius 2 is 1.66 bits per heavy atom. The van der Waals surface area contributed by atoms with Gasteiger partial charge in [0.05, 0.1) is 17.6 Å². The van der Waals surface area contributed by atoms with Crippen molar-refractivity contribution in [2.75, 3.05) is 24.9 Å². The molecule has 2 aromatic carbocycles. The van der Waals surface area contributed by atoms with Gasteiger partial charge in [-0.1, -0.05) is 6.07 Å². The second-order valence-corrected chi connectivity index (χ2v) is 8.69. The van der Waals surface area contributed by atoms with Crippen LogP contribution in [0, 0.1) is 6.92 Å². The van der Waals surface area contributed by atoms with Crippen LogP contribution in [0.2, 0.25) is 0 Å². The Labute approximate surface area is 170 Å². The lowest BCUT2D eigenvalue weighted by Crippen LogP contribution is -2.35. The Balaban J connectivity index is 1.77. The lowest BCUT2D eigenvalue weighted by Gasteiger charge is -2.26. The Morgan fingerprint density at radius 3 is 2.28 bits per heavy atom. The van der Waals surface area contributed by atoms with Gasteiger partial charge in [-0.3, -0.25) is 9.52 Å². The second kappa shape index (κ2) is 8.65. The first-order valence-electron chi connectivity index (χ1n) is 9.43. The third-order valence-electron chi connectivity index (χ3n) is 4.95. The van der Waals surface area contributed by atoms with E-state index in [1.54, 1.807) is 37.3 Å². The minimum Gasteiger partial charge on any atom is -0.465 e. The van der Waals surface area contributed by atoms with Crippen molar-refractivity contribution >= 4 is 27.6 Å². The molecule has 1 fully saturated rings. The van der Waals surface area contributed by atoms with E-state index in [-0.39, 0.29) is 16.4 Å². The minimum absolute atomic E-state index is 0.0413. The van der Waals surface area contributed by atoms with Gasteiger partial charge in [-0.2, -0.15) is 0 Å². The molecular weight excluding hydrogens is 392 g/mol. The molecule has 7 nitrogen and oxygen atoms in total. The van der Waals surface area contributed by atoms with Crippen LogP contribution in [-0.2, 0) is 14.8 Å². The number of sulfonamides is 1. The molecule has 0 aliphatic carbocycles. The first-order valence-corrected chi connectivity index (χ1v) is 10.9. The highest BCUT2D eigenvalue weighted by Gasteiger charge is 2.20. The molecule has 0 spiro atoms. The van der Waals surface area contributed by atoms with Crippen LogP contribution >= 0.6 is 0 Å². The van der Waals surface area contributed by atoms with Crippen LogP contribution in [0.1, 0.15) is 45.5 Å². The number of amides is 1. The van der Waals surface area contributed by atoms with Gasteiger partial charge in [0, 0.05) is 24.3 Å². The van der Waals surface area contributed by atoms with E-state index in [0.717, 1.165) is 32.4 Å². The zero-order valence-corrected chi connectivity index (χ0v) is 17.3. The van der Waals surface area contributed by atoms with Crippen molar-refractivity contribution in [1.82, 2.24) is 4.90 Å². The predicted octanol–water partition coefficient (Wildman–Crippen LogP) is 3.21. The highest BCUT2D eigenvalue weighted by atomic mass is 32.2. The van der Waals surface area contributed by atoms with Crippen molar-refractivity contribution in [3.63, 3.8) is 0 Å². The van der Waals surface area contributed by atoms with Crippen LogP contribution in [0.4, 0.5) is 5.69 Å². The number of aryl methyl sites for hydroxylation is 1. The number of esters is 1. The van der Waals surface area contributed by atoms with Gasteiger partial charge < -0.3 is 9.64 Å². The molecule has 0 atom stereocenters. The molecule has 29 heavy (non-hydrogen) atoms. The summed E-state index contributed by atoms with van der Waals surface area (Å²) in [5.41, 5.74) is 1.67. The van der Waals surface area contributed by atoms with Crippen molar-refractivity contribution in [3.05, 3.63) is 59.2 Å². The molecule has 0 aromatic heterocycles. The fraction of sp³-hybridized carbons (Fsp3) is 0.333. The summed E-state index contributed by atoms with van der Waals surface area (Å²) in [7, 11) is -2.66. The van der Waals surface area contributed by atoms with Crippen LogP contribution < -0.4 is 4.72 Å². The molecule has 1 amide bonds. The molecule has 1 aliphatic rings. The molecular formula is C21H24N2O5S. The molecule has 0 unspecified atom stereocenters. The number of nitrogens with zero attached hydrogens (tertiary/aromatic N) is 1. The van der Waals surface area contributed by atoms with E-state index in [1.165, 1.54) is 19.2 Å². The average Bonchev–Trinajstić information content (AvgIpc) is 2.73. The van der Waals surface area contributed by atoms with Crippen molar-refractivity contribution in [2.45, 2.75) is 31.1 Å². The number of hydrogen-bond donors (Lipinski definition) is 1. The van der Waals surface area contributed by atoms with Gasteiger partial charge in [0.2, 0.25) is 0 Å². The van der Waals surface area contributed by atoms with Gasteiger partial charge >= 0.3 is 5.97 Å². The monoisotopic (exact) mass is 416 g/mol. The Morgan fingerprint density at radius 1 is 1.00 bits per heavy atom. The van der Waals surface area contributed by atoms with Crippen LogP contribution in [0.3, 0.4) is 0 Å². The Bertz CT molecular complexity index is 1010. The van der Waals surface area contributed by atoms with E-state index >= 15 is 0 Å². The van der Waals surface area contributed by atoms with E-state index in [9.17, 15) is 18.0 Å². The zero-order chi connectivity index (χ0) is 21.0. The number of carbonyl (C=O) groups is 2. The molecule has 1 N–H and O–H groups in total. The summed E-state index contributed by atoms with van der Waals surface area (Å²) in [6.45, 7) is 3.21. The van der Waals surface area contributed by atoms with E-state index < -0.39 is 16.0 Å². The molecule has 2 aromatic rings. The van der Waals surface area contributed by atoms with Crippen molar-refractivity contribution in [1.29, 1.82) is 0 Å². The summed E-state index contributed by atoms with van der Waals surface area (Å²) >= 11 is 0. The molecule has 1 heterocycles. The van der Waals surface area contributed by atoms with E-state index in [0.29, 0.717) is 16.8 Å².